The van der Waals surface area contributed by atoms with Gasteiger partial charge in [0.15, 0.2) is 11.5 Å². The second-order valence-electron chi connectivity index (χ2n) is 7.94. The number of hydrazone groups is 1. The van der Waals surface area contributed by atoms with E-state index in [1.807, 2.05) is 57.4 Å². The summed E-state index contributed by atoms with van der Waals surface area (Å²) in [5.41, 5.74) is 3.50. The van der Waals surface area contributed by atoms with Crippen molar-refractivity contribution in [2.75, 3.05) is 48.5 Å². The van der Waals surface area contributed by atoms with Gasteiger partial charge in [0.05, 0.1) is 26.0 Å². The van der Waals surface area contributed by atoms with Gasteiger partial charge in [-0.2, -0.15) is 5.10 Å². The Bertz CT molecular complexity index is 973. The fourth-order valence-electron chi connectivity index (χ4n) is 3.60. The maximum atomic E-state index is 12.6. The predicted molar refractivity (Wildman–Crippen MR) is 125 cm³/mol. The molecule has 2 aromatic carbocycles. The van der Waals surface area contributed by atoms with Crippen molar-refractivity contribution in [1.29, 1.82) is 0 Å². The second kappa shape index (κ2) is 10.4. The minimum absolute atomic E-state index is 0.141. The molecule has 8 nitrogen and oxygen atoms in total. The number of ether oxygens (including phenoxy) is 3. The summed E-state index contributed by atoms with van der Waals surface area (Å²) in [6.45, 7) is 3.42. The first-order valence-corrected chi connectivity index (χ1v) is 10.6. The third kappa shape index (κ3) is 5.13. The van der Waals surface area contributed by atoms with Crippen LogP contribution in [0, 0.1) is 0 Å². The van der Waals surface area contributed by atoms with Crippen molar-refractivity contribution in [2.45, 2.75) is 19.4 Å². The molecule has 0 saturated heterocycles. The average Bonchev–Trinajstić information content (AvgIpc) is 2.93. The van der Waals surface area contributed by atoms with Crippen LogP contribution in [0.3, 0.4) is 0 Å². The topological polar surface area (TPSA) is 75.6 Å². The minimum atomic E-state index is -0.259. The second-order valence-corrected chi connectivity index (χ2v) is 7.94. The van der Waals surface area contributed by atoms with Gasteiger partial charge >= 0.3 is 6.03 Å². The van der Waals surface area contributed by atoms with Crippen molar-refractivity contribution in [3.05, 3.63) is 53.1 Å². The minimum Gasteiger partial charge on any atom is -0.493 e. The Kier molecular flexibility index (Phi) is 7.58. The highest BCUT2D eigenvalue weighted by atomic mass is 16.5. The number of rotatable bonds is 7. The van der Waals surface area contributed by atoms with Gasteiger partial charge in [0.1, 0.15) is 12.4 Å². The van der Waals surface area contributed by atoms with Gasteiger partial charge < -0.3 is 24.4 Å². The van der Waals surface area contributed by atoms with Gasteiger partial charge in [0, 0.05) is 24.7 Å². The van der Waals surface area contributed by atoms with Crippen LogP contribution in [0.2, 0.25) is 0 Å². The molecule has 1 aliphatic rings. The summed E-state index contributed by atoms with van der Waals surface area (Å²) in [4.78, 5) is 14.6. The van der Waals surface area contributed by atoms with E-state index in [9.17, 15) is 4.79 Å². The molecule has 1 aliphatic heterocycles. The average molecular weight is 441 g/mol. The molecule has 1 atom stereocenters. The summed E-state index contributed by atoms with van der Waals surface area (Å²) in [6, 6.07) is 11.3. The number of urea groups is 1. The maximum absolute atomic E-state index is 12.6. The molecule has 0 aliphatic carbocycles. The Balaban J connectivity index is 2.05. The van der Waals surface area contributed by atoms with Gasteiger partial charge in [-0.05, 0) is 69.4 Å². The van der Waals surface area contributed by atoms with Crippen LogP contribution in [0.25, 0.3) is 0 Å². The molecule has 0 bridgehead atoms. The lowest BCUT2D eigenvalue weighted by molar-refractivity contribution is 0.184. The first-order valence-electron chi connectivity index (χ1n) is 10.6. The lowest BCUT2D eigenvalue weighted by atomic mass is 9.94. The van der Waals surface area contributed by atoms with E-state index in [1.54, 1.807) is 21.3 Å². The molecule has 0 aromatic heterocycles. The SMILES string of the molecule is CNC(=O)N1N=C(c2ccc(OCCN(C)C)cc2)c2cc(OC)c(OC)cc2CC1C. The smallest absolute Gasteiger partial charge is 0.337 e. The van der Waals surface area contributed by atoms with E-state index in [0.717, 1.165) is 29.0 Å². The summed E-state index contributed by atoms with van der Waals surface area (Å²) in [5.74, 6) is 2.05. The van der Waals surface area contributed by atoms with Gasteiger partial charge in [-0.3, -0.25) is 0 Å². The highest BCUT2D eigenvalue weighted by Gasteiger charge is 2.28. The summed E-state index contributed by atoms with van der Waals surface area (Å²) in [7, 11) is 8.85. The van der Waals surface area contributed by atoms with Crippen molar-refractivity contribution in [3.63, 3.8) is 0 Å². The number of hydrogen-bond donors (Lipinski definition) is 1. The van der Waals surface area contributed by atoms with E-state index in [-0.39, 0.29) is 12.1 Å². The van der Waals surface area contributed by atoms with E-state index in [4.69, 9.17) is 19.3 Å². The van der Waals surface area contributed by atoms with Gasteiger partial charge in [-0.1, -0.05) is 0 Å². The molecular formula is C24H32N4O4. The monoisotopic (exact) mass is 440 g/mol. The van der Waals surface area contributed by atoms with Crippen molar-refractivity contribution in [2.24, 2.45) is 5.10 Å². The third-order valence-corrected chi connectivity index (χ3v) is 5.36. The van der Waals surface area contributed by atoms with Gasteiger partial charge in [0.25, 0.3) is 0 Å². The quantitative estimate of drug-likeness (QED) is 0.716. The van der Waals surface area contributed by atoms with E-state index in [0.29, 0.717) is 30.2 Å². The van der Waals surface area contributed by atoms with Gasteiger partial charge in [0.2, 0.25) is 0 Å². The van der Waals surface area contributed by atoms with Crippen LogP contribution in [-0.4, -0.2) is 76.2 Å². The first kappa shape index (κ1) is 23.4. The zero-order valence-corrected chi connectivity index (χ0v) is 19.6. The van der Waals surface area contributed by atoms with E-state index < -0.39 is 0 Å². The van der Waals surface area contributed by atoms with Crippen LogP contribution in [-0.2, 0) is 6.42 Å². The number of nitrogens with zero attached hydrogens (tertiary/aromatic N) is 3. The number of amides is 2. The molecule has 1 heterocycles. The van der Waals surface area contributed by atoms with E-state index in [2.05, 4.69) is 10.2 Å². The molecular weight excluding hydrogens is 408 g/mol. The number of nitrogens with one attached hydrogen (secondary N) is 1. The standard InChI is InChI=1S/C24H32N4O4/c1-16-13-18-14-21(30-5)22(31-6)15-20(18)23(26-28(16)24(29)25-2)17-7-9-19(10-8-17)32-12-11-27(3)4/h7-10,14-16H,11-13H2,1-6H3,(H,25,29). The van der Waals surface area contributed by atoms with Crippen molar-refractivity contribution in [3.8, 4) is 17.2 Å². The highest BCUT2D eigenvalue weighted by Crippen LogP contribution is 2.34. The largest absolute Gasteiger partial charge is 0.493 e. The Morgan fingerprint density at radius 3 is 2.41 bits per heavy atom. The van der Waals surface area contributed by atoms with Crippen molar-refractivity contribution < 1.29 is 19.0 Å². The van der Waals surface area contributed by atoms with Gasteiger partial charge in [-0.15, -0.1) is 0 Å². The Labute approximate surface area is 189 Å². The van der Waals surface area contributed by atoms with Gasteiger partial charge in [-0.25, -0.2) is 9.80 Å². The Morgan fingerprint density at radius 2 is 1.81 bits per heavy atom. The highest BCUT2D eigenvalue weighted by molar-refractivity contribution is 6.14. The maximum Gasteiger partial charge on any atom is 0.337 e. The molecule has 2 aromatic rings. The predicted octanol–water partition coefficient (Wildman–Crippen LogP) is 2.98. The Morgan fingerprint density at radius 1 is 1.16 bits per heavy atom. The lowest BCUT2D eigenvalue weighted by Gasteiger charge is -2.22. The molecule has 172 valence electrons. The normalized spacial score (nSPS) is 15.5. The number of carbonyl (C=O) groups is 1. The Hall–Kier alpha value is -3.26. The summed E-state index contributed by atoms with van der Waals surface area (Å²) in [6.07, 6.45) is 0.627. The summed E-state index contributed by atoms with van der Waals surface area (Å²) < 4.78 is 16.9. The van der Waals surface area contributed by atoms with E-state index in [1.165, 1.54) is 5.01 Å². The first-order chi connectivity index (χ1) is 15.4. The molecule has 8 heteroatoms. The van der Waals surface area contributed by atoms with Crippen molar-refractivity contribution >= 4 is 11.7 Å². The van der Waals surface area contributed by atoms with Crippen LogP contribution < -0.4 is 19.5 Å². The third-order valence-electron chi connectivity index (χ3n) is 5.36. The molecule has 32 heavy (non-hydrogen) atoms. The molecule has 0 fully saturated rings. The van der Waals surface area contributed by atoms with Crippen LogP contribution in [0.1, 0.15) is 23.6 Å². The number of methoxy groups -OCH3 is 2. The fraction of sp³-hybridized carbons (Fsp3) is 0.417. The fourth-order valence-corrected chi connectivity index (χ4v) is 3.60. The molecule has 2 amide bonds. The van der Waals surface area contributed by atoms with Crippen LogP contribution >= 0.6 is 0 Å². The summed E-state index contributed by atoms with van der Waals surface area (Å²) in [5, 5.41) is 8.96. The number of benzene rings is 2. The number of likely N-dealkylation sites (N-methyl/N-ethyl adjacent to an activating group) is 1. The number of hydrogen-bond acceptors (Lipinski definition) is 6. The molecule has 3 rings (SSSR count). The molecule has 1 N–H and O–H groups in total. The number of fused-ring (bicyclic) bond motifs is 1. The van der Waals surface area contributed by atoms with E-state index >= 15 is 0 Å². The molecule has 0 radical (unpaired) electrons. The number of carbonyl (C=O) groups excluding carboxylic acids is 1. The molecule has 0 spiro atoms. The van der Waals surface area contributed by atoms with Crippen molar-refractivity contribution in [1.82, 2.24) is 15.2 Å². The van der Waals surface area contributed by atoms with Crippen LogP contribution in [0.15, 0.2) is 41.5 Å². The zero-order valence-electron chi connectivity index (χ0n) is 19.6. The molecule has 1 unspecified atom stereocenters. The molecule has 0 saturated carbocycles. The van der Waals surface area contributed by atoms with Crippen LogP contribution in [0.4, 0.5) is 4.79 Å². The lowest BCUT2D eigenvalue weighted by Crippen LogP contribution is -2.41. The van der Waals surface area contributed by atoms with Crippen LogP contribution in [0.5, 0.6) is 17.2 Å². The summed E-state index contributed by atoms with van der Waals surface area (Å²) >= 11 is 0. The zero-order chi connectivity index (χ0) is 23.3.